The molecule has 4 N–H and O–H groups in total. The first-order chi connectivity index (χ1) is 16.8. The molecule has 194 valence electrons. The van der Waals surface area contributed by atoms with Crippen LogP contribution in [0.1, 0.15) is 23.3 Å². The van der Waals surface area contributed by atoms with Crippen LogP contribution >= 0.6 is 0 Å². The first-order valence-electron chi connectivity index (χ1n) is 10.4. The number of carbonyl (C=O) groups excluding carboxylic acids is 5. The van der Waals surface area contributed by atoms with E-state index in [9.17, 15) is 37.2 Å². The van der Waals surface area contributed by atoms with Gasteiger partial charge in [0, 0.05) is 26.7 Å². The molecule has 0 fully saturated rings. The van der Waals surface area contributed by atoms with Crippen molar-refractivity contribution in [2.45, 2.75) is 25.4 Å². The number of likely N-dealkylation sites (N-methyl/N-ethyl adjacent to an activating group) is 1. The van der Waals surface area contributed by atoms with E-state index in [0.717, 1.165) is 10.8 Å². The smallest absolute Gasteiger partial charge is 0.287 e. The summed E-state index contributed by atoms with van der Waals surface area (Å²) in [7, 11) is -1.02. The summed E-state index contributed by atoms with van der Waals surface area (Å²) in [6, 6.07) is 1.24. The van der Waals surface area contributed by atoms with Crippen LogP contribution in [0.3, 0.4) is 0 Å². The van der Waals surface area contributed by atoms with E-state index in [-0.39, 0.29) is 24.2 Å². The molecule has 0 saturated carbocycles. The first kappa shape index (κ1) is 27.9. The van der Waals surface area contributed by atoms with Gasteiger partial charge in [0.15, 0.2) is 0 Å². The van der Waals surface area contributed by atoms with Gasteiger partial charge < -0.3 is 25.1 Å². The van der Waals surface area contributed by atoms with E-state index in [4.69, 9.17) is 0 Å². The van der Waals surface area contributed by atoms with Crippen molar-refractivity contribution in [1.29, 1.82) is 0 Å². The van der Waals surface area contributed by atoms with Crippen LogP contribution in [0.5, 0.6) is 0 Å². The van der Waals surface area contributed by atoms with E-state index < -0.39 is 57.6 Å². The summed E-state index contributed by atoms with van der Waals surface area (Å²) >= 11 is 0. The lowest BCUT2D eigenvalue weighted by Gasteiger charge is -2.18. The quantitative estimate of drug-likeness (QED) is 0.229. The molecule has 0 bridgehead atoms. The SMILES string of the molecule is CNC(=O)C(=O)CCC(NC(=O)c1cncn1C)C(=O)Nc1cccn(CC(=O)NS(C)(=O)=O)c1=O. The summed E-state index contributed by atoms with van der Waals surface area (Å²) < 4.78 is 26.4. The number of hydrogen-bond acceptors (Lipinski definition) is 9. The predicted octanol–water partition coefficient (Wildman–Crippen LogP) is -2.51. The lowest BCUT2D eigenvalue weighted by Crippen LogP contribution is -2.45. The third-order valence-corrected chi connectivity index (χ3v) is 5.30. The number of aromatic nitrogens is 3. The number of rotatable bonds is 11. The van der Waals surface area contributed by atoms with Gasteiger partial charge in [0.25, 0.3) is 23.3 Å². The van der Waals surface area contributed by atoms with Gasteiger partial charge in [0.05, 0.1) is 18.8 Å². The van der Waals surface area contributed by atoms with Gasteiger partial charge in [-0.25, -0.2) is 13.4 Å². The fraction of sp³-hybridized carbons (Fsp3) is 0.350. The highest BCUT2D eigenvalue weighted by atomic mass is 32.2. The Kier molecular flexibility index (Phi) is 9.20. The Morgan fingerprint density at radius 1 is 1.17 bits per heavy atom. The van der Waals surface area contributed by atoms with E-state index in [0.29, 0.717) is 0 Å². The van der Waals surface area contributed by atoms with Crippen molar-refractivity contribution in [3.8, 4) is 0 Å². The molecular weight excluding hydrogens is 498 g/mol. The summed E-state index contributed by atoms with van der Waals surface area (Å²) in [6.45, 7) is -0.642. The lowest BCUT2D eigenvalue weighted by molar-refractivity contribution is -0.137. The zero-order chi connectivity index (χ0) is 27.0. The van der Waals surface area contributed by atoms with Crippen molar-refractivity contribution < 1.29 is 32.4 Å². The van der Waals surface area contributed by atoms with Crippen LogP contribution < -0.4 is 26.2 Å². The molecule has 2 aromatic rings. The van der Waals surface area contributed by atoms with E-state index >= 15 is 0 Å². The normalized spacial score (nSPS) is 11.8. The molecule has 15 nitrogen and oxygen atoms in total. The predicted molar refractivity (Wildman–Crippen MR) is 125 cm³/mol. The minimum absolute atomic E-state index is 0.115. The monoisotopic (exact) mass is 523 g/mol. The molecule has 16 heteroatoms. The van der Waals surface area contributed by atoms with Crippen molar-refractivity contribution in [2.24, 2.45) is 7.05 Å². The van der Waals surface area contributed by atoms with Gasteiger partial charge in [0.2, 0.25) is 21.7 Å². The molecule has 2 heterocycles. The summed E-state index contributed by atoms with van der Waals surface area (Å²) in [6.07, 6.45) is 3.97. The second-order valence-corrected chi connectivity index (χ2v) is 9.35. The number of Topliss-reactive ketones (excluding diaryl/α,β-unsaturated/α-hetero) is 1. The third kappa shape index (κ3) is 7.86. The Hall–Kier alpha value is -4.34. The van der Waals surface area contributed by atoms with Gasteiger partial charge in [0.1, 0.15) is 24.0 Å². The molecule has 0 spiro atoms. The van der Waals surface area contributed by atoms with Crippen LogP contribution in [-0.4, -0.2) is 71.3 Å². The number of anilines is 1. The summed E-state index contributed by atoms with van der Waals surface area (Å²) in [4.78, 5) is 77.4. The number of sulfonamides is 1. The van der Waals surface area contributed by atoms with Gasteiger partial charge in [-0.05, 0) is 18.6 Å². The van der Waals surface area contributed by atoms with Gasteiger partial charge >= 0.3 is 0 Å². The van der Waals surface area contributed by atoms with Gasteiger partial charge in [-0.3, -0.25) is 33.5 Å². The summed E-state index contributed by atoms with van der Waals surface area (Å²) in [5.74, 6) is -4.22. The van der Waals surface area contributed by atoms with Gasteiger partial charge in [-0.2, -0.15) is 0 Å². The number of imidazole rings is 1. The van der Waals surface area contributed by atoms with E-state index in [1.54, 1.807) is 11.8 Å². The topological polar surface area (TPSA) is 207 Å². The molecule has 0 aromatic carbocycles. The molecule has 0 radical (unpaired) electrons. The number of nitrogens with one attached hydrogen (secondary N) is 4. The molecule has 2 rings (SSSR count). The number of ketones is 1. The minimum Gasteiger partial charge on any atom is -0.353 e. The number of amides is 4. The Morgan fingerprint density at radius 2 is 1.86 bits per heavy atom. The molecule has 2 aromatic heterocycles. The lowest BCUT2D eigenvalue weighted by atomic mass is 10.1. The minimum atomic E-state index is -3.84. The van der Waals surface area contributed by atoms with Crippen molar-refractivity contribution in [3.05, 3.63) is 46.9 Å². The van der Waals surface area contributed by atoms with Gasteiger partial charge in [-0.15, -0.1) is 0 Å². The molecule has 1 atom stereocenters. The molecular formula is C20H25N7O8S. The molecule has 0 aliphatic heterocycles. The summed E-state index contributed by atoms with van der Waals surface area (Å²) in [5, 5.41) is 6.95. The highest BCUT2D eigenvalue weighted by Gasteiger charge is 2.26. The van der Waals surface area contributed by atoms with Crippen LogP contribution in [-0.2, 0) is 42.8 Å². The molecule has 1 unspecified atom stereocenters. The average molecular weight is 524 g/mol. The van der Waals surface area contributed by atoms with Crippen LogP contribution in [0.25, 0.3) is 0 Å². The third-order valence-electron chi connectivity index (χ3n) is 4.70. The second-order valence-electron chi connectivity index (χ2n) is 7.60. The van der Waals surface area contributed by atoms with Crippen molar-refractivity contribution in [2.75, 3.05) is 18.6 Å². The van der Waals surface area contributed by atoms with E-state index in [1.807, 2.05) is 0 Å². The maximum atomic E-state index is 13.0. The van der Waals surface area contributed by atoms with E-state index in [2.05, 4.69) is 20.9 Å². The molecule has 0 saturated heterocycles. The maximum Gasteiger partial charge on any atom is 0.287 e. The van der Waals surface area contributed by atoms with Crippen LogP contribution in [0.4, 0.5) is 5.69 Å². The first-order valence-corrected chi connectivity index (χ1v) is 12.2. The molecule has 4 amide bonds. The highest BCUT2D eigenvalue weighted by Crippen LogP contribution is 2.07. The van der Waals surface area contributed by atoms with Crippen LogP contribution in [0.2, 0.25) is 0 Å². The number of nitrogens with zero attached hydrogens (tertiary/aromatic N) is 3. The van der Waals surface area contributed by atoms with Crippen LogP contribution in [0, 0.1) is 0 Å². The number of carbonyl (C=O) groups is 5. The standard InChI is InChI=1S/C20H25N7O8S/c1-21-19(32)15(28)7-6-12(23-18(31)14-9-22-11-26(14)2)17(30)24-13-5-4-8-27(20(13)33)10-16(29)25-36(3,34)35/h4-5,8-9,11-12H,6-7,10H2,1-3H3,(H,21,32)(H,23,31)(H,24,30)(H,25,29). The maximum absolute atomic E-state index is 13.0. The highest BCUT2D eigenvalue weighted by molar-refractivity contribution is 7.89. The number of pyridine rings is 1. The summed E-state index contributed by atoms with van der Waals surface area (Å²) in [5.41, 5.74) is -0.982. The number of hydrogen-bond donors (Lipinski definition) is 4. The largest absolute Gasteiger partial charge is 0.353 e. The van der Waals surface area contributed by atoms with Crippen molar-refractivity contribution >= 4 is 45.1 Å². The van der Waals surface area contributed by atoms with Crippen LogP contribution in [0.15, 0.2) is 35.6 Å². The number of aryl methyl sites for hydroxylation is 1. The Morgan fingerprint density at radius 3 is 2.44 bits per heavy atom. The second kappa shape index (κ2) is 11.9. The molecule has 36 heavy (non-hydrogen) atoms. The van der Waals surface area contributed by atoms with Crippen molar-refractivity contribution in [1.82, 2.24) is 29.5 Å². The van der Waals surface area contributed by atoms with Gasteiger partial charge in [-0.1, -0.05) is 0 Å². The zero-order valence-electron chi connectivity index (χ0n) is 19.6. The average Bonchev–Trinajstić information content (AvgIpc) is 3.22. The Bertz CT molecular complexity index is 1350. The van der Waals surface area contributed by atoms with Crippen molar-refractivity contribution in [3.63, 3.8) is 0 Å². The zero-order valence-corrected chi connectivity index (χ0v) is 20.4. The van der Waals surface area contributed by atoms with E-state index in [1.165, 1.54) is 42.5 Å². The fourth-order valence-electron chi connectivity index (χ4n) is 2.98. The Labute approximate surface area is 205 Å². The molecule has 0 aliphatic rings. The Balaban J connectivity index is 2.23. The molecule has 0 aliphatic carbocycles. The fourth-order valence-corrected chi connectivity index (χ4v) is 3.45.